The lowest BCUT2D eigenvalue weighted by molar-refractivity contribution is -0.123. The molecular formula is C20H21BrClN3O3. The molecule has 2 rings (SSSR count). The molecule has 0 saturated heterocycles. The number of nitrogens with zero attached hydrogens (tertiary/aromatic N) is 1. The Kier molecular flexibility index (Phi) is 8.02. The van der Waals surface area contributed by atoms with Crippen LogP contribution < -0.4 is 15.5 Å². The Bertz CT molecular complexity index is 887. The van der Waals surface area contributed by atoms with Crippen LogP contribution >= 0.6 is 27.5 Å². The molecule has 0 aliphatic carbocycles. The molecule has 28 heavy (non-hydrogen) atoms. The third-order valence-electron chi connectivity index (χ3n) is 3.92. The van der Waals surface area contributed by atoms with Gasteiger partial charge in [0.1, 0.15) is 11.8 Å². The Morgan fingerprint density at radius 3 is 2.54 bits per heavy atom. The summed E-state index contributed by atoms with van der Waals surface area (Å²) in [6.07, 6.45) is 1.51. The molecule has 8 heteroatoms. The quantitative estimate of drug-likeness (QED) is 0.478. The van der Waals surface area contributed by atoms with Gasteiger partial charge in [0.15, 0.2) is 0 Å². The van der Waals surface area contributed by atoms with Crippen molar-refractivity contribution in [2.45, 2.75) is 19.9 Å². The van der Waals surface area contributed by atoms with Gasteiger partial charge in [-0.05, 0) is 57.7 Å². The number of ether oxygens (including phenoxy) is 1. The van der Waals surface area contributed by atoms with E-state index in [1.54, 1.807) is 43.5 Å². The number of hydrazone groups is 1. The minimum absolute atomic E-state index is 0.142. The maximum atomic E-state index is 12.5. The first-order valence-corrected chi connectivity index (χ1v) is 9.72. The Balaban J connectivity index is 2.03. The first-order valence-electron chi connectivity index (χ1n) is 8.55. The van der Waals surface area contributed by atoms with E-state index in [1.807, 2.05) is 19.9 Å². The Hall–Kier alpha value is -2.38. The zero-order chi connectivity index (χ0) is 20.7. The minimum Gasteiger partial charge on any atom is -0.496 e. The second-order valence-electron chi connectivity index (χ2n) is 6.30. The normalized spacial score (nSPS) is 12.1. The third-order valence-corrected chi connectivity index (χ3v) is 4.87. The van der Waals surface area contributed by atoms with Crippen LogP contribution in [-0.2, 0) is 4.79 Å². The number of carbonyl (C=O) groups excluding carboxylic acids is 2. The van der Waals surface area contributed by atoms with Crippen LogP contribution in [0.4, 0.5) is 0 Å². The van der Waals surface area contributed by atoms with Gasteiger partial charge in [-0.15, -0.1) is 0 Å². The summed E-state index contributed by atoms with van der Waals surface area (Å²) in [6.45, 7) is 3.67. The largest absolute Gasteiger partial charge is 0.496 e. The van der Waals surface area contributed by atoms with E-state index >= 15 is 0 Å². The topological polar surface area (TPSA) is 79.8 Å². The summed E-state index contributed by atoms with van der Waals surface area (Å²) in [7, 11) is 1.58. The number of nitrogens with one attached hydrogen (secondary N) is 2. The van der Waals surface area contributed by atoms with Gasteiger partial charge < -0.3 is 10.1 Å². The van der Waals surface area contributed by atoms with Gasteiger partial charge in [0.05, 0.1) is 28.4 Å². The molecule has 2 aromatic rings. The number of amides is 2. The highest BCUT2D eigenvalue weighted by Crippen LogP contribution is 2.24. The van der Waals surface area contributed by atoms with Crippen LogP contribution in [0, 0.1) is 5.92 Å². The average molecular weight is 467 g/mol. The van der Waals surface area contributed by atoms with Crippen LogP contribution in [0.3, 0.4) is 0 Å². The van der Waals surface area contributed by atoms with E-state index in [9.17, 15) is 9.59 Å². The minimum atomic E-state index is -0.761. The van der Waals surface area contributed by atoms with Crippen molar-refractivity contribution in [2.24, 2.45) is 11.0 Å². The Morgan fingerprint density at radius 1 is 1.21 bits per heavy atom. The van der Waals surface area contributed by atoms with Gasteiger partial charge >= 0.3 is 0 Å². The van der Waals surface area contributed by atoms with Crippen LogP contribution in [0.5, 0.6) is 5.75 Å². The van der Waals surface area contributed by atoms with Gasteiger partial charge in [0.25, 0.3) is 11.8 Å². The van der Waals surface area contributed by atoms with E-state index in [-0.39, 0.29) is 5.92 Å². The summed E-state index contributed by atoms with van der Waals surface area (Å²) in [5, 5.41) is 7.01. The van der Waals surface area contributed by atoms with Gasteiger partial charge in [-0.1, -0.05) is 37.6 Å². The number of halogens is 2. The van der Waals surface area contributed by atoms with E-state index in [0.717, 1.165) is 10.0 Å². The van der Waals surface area contributed by atoms with Crippen LogP contribution in [-0.4, -0.2) is 31.2 Å². The summed E-state index contributed by atoms with van der Waals surface area (Å²) in [4.78, 5) is 24.9. The van der Waals surface area contributed by atoms with Crippen LogP contribution in [0.15, 0.2) is 52.0 Å². The van der Waals surface area contributed by atoms with Crippen molar-refractivity contribution in [1.82, 2.24) is 10.7 Å². The Labute approximate surface area is 177 Å². The highest BCUT2D eigenvalue weighted by molar-refractivity contribution is 9.10. The smallest absolute Gasteiger partial charge is 0.262 e. The molecule has 0 radical (unpaired) electrons. The molecule has 0 aliphatic rings. The van der Waals surface area contributed by atoms with E-state index in [4.69, 9.17) is 16.3 Å². The lowest BCUT2D eigenvalue weighted by atomic mass is 10.0. The van der Waals surface area contributed by atoms with E-state index < -0.39 is 17.9 Å². The molecule has 0 bridgehead atoms. The summed E-state index contributed by atoms with van der Waals surface area (Å²) in [5.74, 6) is -0.276. The molecule has 0 spiro atoms. The number of benzene rings is 2. The van der Waals surface area contributed by atoms with Crippen molar-refractivity contribution < 1.29 is 14.3 Å². The maximum absolute atomic E-state index is 12.5. The van der Waals surface area contributed by atoms with Crippen LogP contribution in [0.25, 0.3) is 0 Å². The molecule has 0 saturated carbocycles. The van der Waals surface area contributed by atoms with Gasteiger partial charge in [0.2, 0.25) is 0 Å². The Morgan fingerprint density at radius 2 is 1.93 bits per heavy atom. The predicted molar refractivity (Wildman–Crippen MR) is 114 cm³/mol. The SMILES string of the molecule is COc1ccc(C=NNC(=O)C(NC(=O)c2ccccc2Cl)C(C)C)cc1Br. The molecule has 1 unspecified atom stereocenters. The van der Waals surface area contributed by atoms with Crippen molar-refractivity contribution >= 4 is 45.6 Å². The first-order chi connectivity index (χ1) is 13.3. The standard InChI is InChI=1S/C20H21BrClN3O3/c1-12(2)18(24-19(26)14-6-4-5-7-16(14)22)20(27)25-23-11-13-8-9-17(28-3)15(21)10-13/h4-12,18H,1-3H3,(H,24,26)(H,25,27). The highest BCUT2D eigenvalue weighted by atomic mass is 79.9. The summed E-state index contributed by atoms with van der Waals surface area (Å²) in [5.41, 5.74) is 3.55. The molecule has 0 heterocycles. The molecule has 2 aromatic carbocycles. The number of hydrogen-bond donors (Lipinski definition) is 2. The summed E-state index contributed by atoms with van der Waals surface area (Å²) in [6, 6.07) is 11.3. The monoisotopic (exact) mass is 465 g/mol. The average Bonchev–Trinajstić information content (AvgIpc) is 2.66. The van der Waals surface area contributed by atoms with Crippen LogP contribution in [0.2, 0.25) is 5.02 Å². The number of carbonyl (C=O) groups is 2. The molecule has 0 aliphatic heterocycles. The molecule has 6 nitrogen and oxygen atoms in total. The second-order valence-corrected chi connectivity index (χ2v) is 7.56. The van der Waals surface area contributed by atoms with Crippen molar-refractivity contribution in [3.63, 3.8) is 0 Å². The van der Waals surface area contributed by atoms with Crippen molar-refractivity contribution in [2.75, 3.05) is 7.11 Å². The molecule has 148 valence electrons. The molecule has 0 aromatic heterocycles. The van der Waals surface area contributed by atoms with Gasteiger partial charge in [-0.25, -0.2) is 5.43 Å². The predicted octanol–water partition coefficient (Wildman–Crippen LogP) is 4.02. The molecule has 0 fully saturated rings. The molecular weight excluding hydrogens is 446 g/mol. The molecule has 2 amide bonds. The number of rotatable bonds is 7. The first kappa shape index (κ1) is 21.9. The summed E-state index contributed by atoms with van der Waals surface area (Å²) >= 11 is 9.44. The fraction of sp³-hybridized carbons (Fsp3) is 0.250. The zero-order valence-electron chi connectivity index (χ0n) is 15.7. The lowest BCUT2D eigenvalue weighted by Gasteiger charge is -2.20. The third kappa shape index (κ3) is 5.81. The molecule has 1 atom stereocenters. The van der Waals surface area contributed by atoms with Crippen molar-refractivity contribution in [3.8, 4) is 5.75 Å². The summed E-state index contributed by atoms with van der Waals surface area (Å²) < 4.78 is 5.95. The van der Waals surface area contributed by atoms with Crippen LogP contribution in [0.1, 0.15) is 29.8 Å². The van der Waals surface area contributed by atoms with Gasteiger partial charge in [-0.3, -0.25) is 9.59 Å². The highest BCUT2D eigenvalue weighted by Gasteiger charge is 2.25. The lowest BCUT2D eigenvalue weighted by Crippen LogP contribution is -2.48. The van der Waals surface area contributed by atoms with Gasteiger partial charge in [0, 0.05) is 0 Å². The molecule has 2 N–H and O–H groups in total. The number of methoxy groups -OCH3 is 1. The number of hydrogen-bond acceptors (Lipinski definition) is 4. The van der Waals surface area contributed by atoms with E-state index in [1.165, 1.54) is 6.21 Å². The fourth-order valence-corrected chi connectivity index (χ4v) is 3.18. The van der Waals surface area contributed by atoms with E-state index in [2.05, 4.69) is 31.8 Å². The fourth-order valence-electron chi connectivity index (χ4n) is 2.40. The van der Waals surface area contributed by atoms with Crippen molar-refractivity contribution in [3.05, 3.63) is 63.1 Å². The maximum Gasteiger partial charge on any atom is 0.262 e. The van der Waals surface area contributed by atoms with E-state index in [0.29, 0.717) is 16.3 Å². The van der Waals surface area contributed by atoms with Crippen molar-refractivity contribution in [1.29, 1.82) is 0 Å². The zero-order valence-corrected chi connectivity index (χ0v) is 18.0. The van der Waals surface area contributed by atoms with Gasteiger partial charge in [-0.2, -0.15) is 5.10 Å². The second kappa shape index (κ2) is 10.2.